The number of piperidine rings is 1. The first kappa shape index (κ1) is 16.5. The maximum Gasteiger partial charge on any atom is 0.288 e. The Morgan fingerprint density at radius 2 is 2.14 bits per heavy atom. The lowest BCUT2D eigenvalue weighted by Crippen LogP contribution is -2.43. The number of hydrogen-bond donors (Lipinski definition) is 2. The van der Waals surface area contributed by atoms with Gasteiger partial charge in [-0.1, -0.05) is 11.8 Å². The van der Waals surface area contributed by atoms with Crippen molar-refractivity contribution in [2.45, 2.75) is 23.5 Å². The average Bonchev–Trinajstić information content (AvgIpc) is 2.49. The molecule has 2 N–H and O–H groups in total. The molecule has 1 aliphatic heterocycles. The van der Waals surface area contributed by atoms with Gasteiger partial charge in [0, 0.05) is 30.3 Å². The fourth-order valence-corrected chi connectivity index (χ4v) is 3.10. The molecule has 1 aliphatic rings. The Balaban J connectivity index is 1.90. The van der Waals surface area contributed by atoms with Gasteiger partial charge < -0.3 is 15.3 Å². The fraction of sp³-hybridized carbons (Fsp3) is 0.500. The number of rotatable bonds is 4. The van der Waals surface area contributed by atoms with Crippen LogP contribution in [0.2, 0.25) is 0 Å². The third-order valence-corrected chi connectivity index (χ3v) is 4.48. The van der Waals surface area contributed by atoms with E-state index in [4.69, 9.17) is 12.2 Å². The van der Waals surface area contributed by atoms with Gasteiger partial charge in [-0.3, -0.25) is 0 Å². The number of benzene rings is 1. The minimum absolute atomic E-state index is 0.179. The van der Waals surface area contributed by atoms with Crippen LogP contribution in [-0.4, -0.2) is 40.6 Å². The Morgan fingerprint density at radius 3 is 2.76 bits per heavy atom. The minimum atomic E-state index is -2.41. The van der Waals surface area contributed by atoms with Crippen LogP contribution in [0.5, 0.6) is 0 Å². The maximum absolute atomic E-state index is 12.2. The van der Waals surface area contributed by atoms with Crippen LogP contribution in [0.15, 0.2) is 29.2 Å². The molecule has 0 spiro atoms. The predicted octanol–water partition coefficient (Wildman–Crippen LogP) is 3.40. The Hall–Kier alpha value is -0.920. The lowest BCUT2D eigenvalue weighted by atomic mass is 9.99. The first-order valence-electron chi connectivity index (χ1n) is 6.80. The molecule has 0 saturated carbocycles. The normalized spacial score (nSPS) is 18.9. The molecule has 1 fully saturated rings. The van der Waals surface area contributed by atoms with E-state index in [1.807, 2.05) is 4.90 Å². The Kier molecular flexibility index (Phi) is 6.20. The van der Waals surface area contributed by atoms with Gasteiger partial charge in [0.25, 0.3) is 5.76 Å². The van der Waals surface area contributed by atoms with Crippen LogP contribution in [0.25, 0.3) is 0 Å². The standard InChI is InChI=1S/C14H18F2N2OS2/c15-13(16)21-12-5-3-11(4-6-12)17-14(20)18-7-1-2-10(8-18)9-19/h3-6,10,13,19H,1-2,7-9H2,(H,17,20). The second-order valence-electron chi connectivity index (χ2n) is 4.97. The SMILES string of the molecule is OCC1CCCN(C(=S)Nc2ccc(SC(F)F)cc2)C1. The van der Waals surface area contributed by atoms with E-state index in [0.717, 1.165) is 31.6 Å². The minimum Gasteiger partial charge on any atom is -0.396 e. The van der Waals surface area contributed by atoms with Crippen molar-refractivity contribution >= 4 is 34.8 Å². The number of aliphatic hydroxyl groups excluding tert-OH is 1. The summed E-state index contributed by atoms with van der Waals surface area (Å²) in [5, 5.41) is 13.0. The van der Waals surface area contributed by atoms with Gasteiger partial charge in [-0.05, 0) is 55.2 Å². The molecule has 21 heavy (non-hydrogen) atoms. The number of likely N-dealkylation sites (tertiary alicyclic amines) is 1. The van der Waals surface area contributed by atoms with Gasteiger partial charge in [-0.2, -0.15) is 8.78 Å². The maximum atomic E-state index is 12.2. The van der Waals surface area contributed by atoms with Crippen molar-refractivity contribution in [1.82, 2.24) is 4.90 Å². The number of halogens is 2. The van der Waals surface area contributed by atoms with E-state index in [1.165, 1.54) is 0 Å². The second-order valence-corrected chi connectivity index (χ2v) is 6.42. The van der Waals surface area contributed by atoms with E-state index in [1.54, 1.807) is 24.3 Å². The van der Waals surface area contributed by atoms with E-state index in [-0.39, 0.29) is 12.5 Å². The van der Waals surface area contributed by atoms with Crippen molar-refractivity contribution in [2.24, 2.45) is 5.92 Å². The molecular formula is C14H18F2N2OS2. The van der Waals surface area contributed by atoms with Gasteiger partial charge in [-0.25, -0.2) is 0 Å². The molecule has 0 bridgehead atoms. The zero-order chi connectivity index (χ0) is 15.2. The van der Waals surface area contributed by atoms with Crippen LogP contribution in [0.4, 0.5) is 14.5 Å². The third-order valence-electron chi connectivity index (χ3n) is 3.40. The zero-order valence-electron chi connectivity index (χ0n) is 11.5. The third kappa shape index (κ3) is 5.09. The van der Waals surface area contributed by atoms with Crippen molar-refractivity contribution in [2.75, 3.05) is 25.0 Å². The monoisotopic (exact) mass is 332 g/mol. The summed E-state index contributed by atoms with van der Waals surface area (Å²) in [5.74, 6) is -2.14. The smallest absolute Gasteiger partial charge is 0.288 e. The Bertz CT molecular complexity index is 471. The van der Waals surface area contributed by atoms with Crippen molar-refractivity contribution < 1.29 is 13.9 Å². The van der Waals surface area contributed by atoms with Gasteiger partial charge >= 0.3 is 0 Å². The lowest BCUT2D eigenvalue weighted by Gasteiger charge is -2.33. The van der Waals surface area contributed by atoms with Crippen molar-refractivity contribution in [1.29, 1.82) is 0 Å². The number of thioether (sulfide) groups is 1. The van der Waals surface area contributed by atoms with Gasteiger partial charge in [0.05, 0.1) is 0 Å². The van der Waals surface area contributed by atoms with Crippen LogP contribution in [0.3, 0.4) is 0 Å². The number of thiocarbonyl (C=S) groups is 1. The number of hydrogen-bond acceptors (Lipinski definition) is 3. The molecule has 0 aromatic heterocycles. The Labute approximate surface area is 132 Å². The summed E-state index contributed by atoms with van der Waals surface area (Å²) in [6, 6.07) is 6.78. The van der Waals surface area contributed by atoms with Crippen LogP contribution in [0.1, 0.15) is 12.8 Å². The first-order valence-corrected chi connectivity index (χ1v) is 8.09. The molecule has 0 amide bonds. The van der Waals surface area contributed by atoms with E-state index in [9.17, 15) is 13.9 Å². The summed E-state index contributed by atoms with van der Waals surface area (Å²) in [7, 11) is 0. The predicted molar refractivity (Wildman–Crippen MR) is 85.9 cm³/mol. The van der Waals surface area contributed by atoms with Crippen LogP contribution in [0, 0.1) is 5.92 Å². The molecule has 1 aromatic carbocycles. The van der Waals surface area contributed by atoms with Gasteiger partial charge in [0.2, 0.25) is 0 Å². The van der Waals surface area contributed by atoms with E-state index < -0.39 is 5.76 Å². The quantitative estimate of drug-likeness (QED) is 0.653. The van der Waals surface area contributed by atoms with Crippen LogP contribution < -0.4 is 5.32 Å². The van der Waals surface area contributed by atoms with Crippen molar-refractivity contribution in [3.05, 3.63) is 24.3 Å². The number of nitrogens with zero attached hydrogens (tertiary/aromatic N) is 1. The lowest BCUT2D eigenvalue weighted by molar-refractivity contribution is 0.162. The topological polar surface area (TPSA) is 35.5 Å². The van der Waals surface area contributed by atoms with Gasteiger partial charge in [0.15, 0.2) is 5.11 Å². The van der Waals surface area contributed by atoms with Gasteiger partial charge in [0.1, 0.15) is 0 Å². The van der Waals surface area contributed by atoms with Crippen molar-refractivity contribution in [3.8, 4) is 0 Å². The highest BCUT2D eigenvalue weighted by molar-refractivity contribution is 7.99. The number of aliphatic hydroxyl groups is 1. The van der Waals surface area contributed by atoms with Crippen molar-refractivity contribution in [3.63, 3.8) is 0 Å². The van der Waals surface area contributed by atoms with E-state index in [0.29, 0.717) is 21.8 Å². The summed E-state index contributed by atoms with van der Waals surface area (Å²) in [6.45, 7) is 1.81. The fourth-order valence-electron chi connectivity index (χ4n) is 2.32. The summed E-state index contributed by atoms with van der Waals surface area (Å²) in [6.07, 6.45) is 2.03. The second kappa shape index (κ2) is 7.91. The van der Waals surface area contributed by atoms with Crippen LogP contribution in [-0.2, 0) is 0 Å². The highest BCUT2D eigenvalue weighted by atomic mass is 32.2. The zero-order valence-corrected chi connectivity index (χ0v) is 13.1. The first-order chi connectivity index (χ1) is 10.1. The molecule has 1 aromatic rings. The number of alkyl halides is 2. The highest BCUT2D eigenvalue weighted by Gasteiger charge is 2.21. The molecule has 1 unspecified atom stereocenters. The Morgan fingerprint density at radius 1 is 1.43 bits per heavy atom. The van der Waals surface area contributed by atoms with E-state index in [2.05, 4.69) is 5.32 Å². The molecule has 1 saturated heterocycles. The molecule has 116 valence electrons. The van der Waals surface area contributed by atoms with E-state index >= 15 is 0 Å². The molecule has 3 nitrogen and oxygen atoms in total. The number of nitrogens with one attached hydrogen (secondary N) is 1. The summed E-state index contributed by atoms with van der Waals surface area (Å²) in [4.78, 5) is 2.57. The summed E-state index contributed by atoms with van der Waals surface area (Å²) >= 11 is 5.89. The summed E-state index contributed by atoms with van der Waals surface area (Å²) < 4.78 is 24.5. The molecule has 0 radical (unpaired) electrons. The van der Waals surface area contributed by atoms with Gasteiger partial charge in [-0.15, -0.1) is 0 Å². The highest BCUT2D eigenvalue weighted by Crippen LogP contribution is 2.26. The van der Waals surface area contributed by atoms with Crippen LogP contribution >= 0.6 is 24.0 Å². The molecular weight excluding hydrogens is 314 g/mol. The molecule has 0 aliphatic carbocycles. The summed E-state index contributed by atoms with van der Waals surface area (Å²) in [5.41, 5.74) is 0.782. The molecule has 1 atom stereocenters. The number of anilines is 1. The molecule has 2 rings (SSSR count). The largest absolute Gasteiger partial charge is 0.396 e. The molecule has 7 heteroatoms. The average molecular weight is 332 g/mol. The molecule has 1 heterocycles.